The Labute approximate surface area is 177 Å². The molecule has 0 saturated carbocycles. The van der Waals surface area contributed by atoms with E-state index >= 15 is 0 Å². The highest BCUT2D eigenvalue weighted by Crippen LogP contribution is 2.35. The molecule has 160 valence electrons. The smallest absolute Gasteiger partial charge is 0.331 e. The predicted molar refractivity (Wildman–Crippen MR) is 116 cm³/mol. The van der Waals surface area contributed by atoms with Gasteiger partial charge in [-0.15, -0.1) is 0 Å². The molecule has 0 radical (unpaired) electrons. The fourth-order valence-electron chi connectivity index (χ4n) is 2.77. The summed E-state index contributed by atoms with van der Waals surface area (Å²) in [6.45, 7) is 5.98. The van der Waals surface area contributed by atoms with E-state index in [0.29, 0.717) is 28.4 Å². The van der Waals surface area contributed by atoms with E-state index in [1.807, 2.05) is 12.1 Å². The molecule has 0 spiro atoms. The molecule has 0 N–H and O–H groups in total. The van der Waals surface area contributed by atoms with Gasteiger partial charge in [0.05, 0.1) is 21.3 Å². The van der Waals surface area contributed by atoms with Gasteiger partial charge in [0.25, 0.3) is 0 Å². The van der Waals surface area contributed by atoms with Crippen LogP contribution in [0.15, 0.2) is 42.5 Å². The Morgan fingerprint density at radius 1 is 0.867 bits per heavy atom. The zero-order valence-corrected chi connectivity index (χ0v) is 18.3. The zero-order chi connectivity index (χ0) is 22.3. The second kappa shape index (κ2) is 9.96. The Morgan fingerprint density at radius 2 is 1.43 bits per heavy atom. The Kier molecular flexibility index (Phi) is 7.64. The highest BCUT2D eigenvalue weighted by atomic mass is 16.5. The number of hydrogen-bond donors (Lipinski definition) is 0. The van der Waals surface area contributed by atoms with Gasteiger partial charge in [0.15, 0.2) is 23.9 Å². The average Bonchev–Trinajstić information content (AvgIpc) is 2.74. The van der Waals surface area contributed by atoms with Gasteiger partial charge in [0.2, 0.25) is 0 Å². The molecule has 0 saturated heterocycles. The molecule has 0 amide bonds. The molecular weight excluding hydrogens is 384 g/mol. The largest absolute Gasteiger partial charge is 0.496 e. The van der Waals surface area contributed by atoms with Gasteiger partial charge in [-0.25, -0.2) is 4.79 Å². The summed E-state index contributed by atoms with van der Waals surface area (Å²) in [5.74, 6) is 0.622. The SMILES string of the molecule is COc1cc(OC)c(OC)cc1/C=C/C(=O)OCC(=O)c1ccc(C(C)(C)C)cc1. The van der Waals surface area contributed by atoms with Crippen LogP contribution in [-0.2, 0) is 14.9 Å². The highest BCUT2D eigenvalue weighted by molar-refractivity contribution is 5.99. The quantitative estimate of drug-likeness (QED) is 0.362. The van der Waals surface area contributed by atoms with Gasteiger partial charge in [0, 0.05) is 23.3 Å². The van der Waals surface area contributed by atoms with Gasteiger partial charge < -0.3 is 18.9 Å². The number of rotatable bonds is 8. The molecule has 0 aliphatic heterocycles. The minimum absolute atomic E-state index is 0.00400. The van der Waals surface area contributed by atoms with E-state index in [0.717, 1.165) is 5.56 Å². The molecule has 0 aliphatic rings. The van der Waals surface area contributed by atoms with Crippen molar-refractivity contribution in [1.29, 1.82) is 0 Å². The van der Waals surface area contributed by atoms with Crippen LogP contribution in [0.2, 0.25) is 0 Å². The van der Waals surface area contributed by atoms with Gasteiger partial charge in [-0.2, -0.15) is 0 Å². The molecule has 0 aromatic heterocycles. The van der Waals surface area contributed by atoms with Crippen LogP contribution in [0.4, 0.5) is 0 Å². The second-order valence-electron chi connectivity index (χ2n) is 7.64. The third-order valence-electron chi connectivity index (χ3n) is 4.55. The molecule has 0 heterocycles. The summed E-state index contributed by atoms with van der Waals surface area (Å²) in [5.41, 5.74) is 2.24. The van der Waals surface area contributed by atoms with Crippen molar-refractivity contribution in [3.05, 3.63) is 59.2 Å². The summed E-state index contributed by atoms with van der Waals surface area (Å²) in [6.07, 6.45) is 2.77. The van der Waals surface area contributed by atoms with Crippen LogP contribution in [0, 0.1) is 0 Å². The van der Waals surface area contributed by atoms with E-state index in [-0.39, 0.29) is 17.8 Å². The third kappa shape index (κ3) is 5.86. The van der Waals surface area contributed by atoms with E-state index in [1.54, 1.807) is 24.3 Å². The van der Waals surface area contributed by atoms with Crippen molar-refractivity contribution >= 4 is 17.8 Å². The standard InChI is InChI=1S/C24H28O6/c1-24(2,3)18-10-7-16(8-11-18)19(25)15-30-23(26)12-9-17-13-21(28-5)22(29-6)14-20(17)27-4/h7-14H,15H2,1-6H3/b12-9+. The van der Waals surface area contributed by atoms with Gasteiger partial charge >= 0.3 is 5.97 Å². The first-order chi connectivity index (χ1) is 14.2. The molecular formula is C24H28O6. The van der Waals surface area contributed by atoms with Crippen LogP contribution in [-0.4, -0.2) is 39.7 Å². The number of carbonyl (C=O) groups is 2. The summed E-state index contributed by atoms with van der Waals surface area (Å²) >= 11 is 0. The predicted octanol–water partition coefficient (Wildman–Crippen LogP) is 4.45. The molecule has 0 unspecified atom stereocenters. The van der Waals surface area contributed by atoms with Crippen molar-refractivity contribution in [2.45, 2.75) is 26.2 Å². The first-order valence-corrected chi connectivity index (χ1v) is 9.48. The number of carbonyl (C=O) groups excluding carboxylic acids is 2. The first kappa shape index (κ1) is 23.0. The Bertz CT molecular complexity index is 920. The summed E-state index contributed by atoms with van der Waals surface area (Å²) in [5, 5.41) is 0. The number of methoxy groups -OCH3 is 3. The Hall–Kier alpha value is -3.28. The fraction of sp³-hybridized carbons (Fsp3) is 0.333. The molecule has 30 heavy (non-hydrogen) atoms. The molecule has 0 bridgehead atoms. The van der Waals surface area contributed by atoms with Crippen molar-refractivity contribution in [2.24, 2.45) is 0 Å². The van der Waals surface area contributed by atoms with Gasteiger partial charge in [-0.05, 0) is 23.1 Å². The lowest BCUT2D eigenvalue weighted by atomic mass is 9.86. The van der Waals surface area contributed by atoms with Crippen molar-refractivity contribution in [1.82, 2.24) is 0 Å². The average molecular weight is 412 g/mol. The van der Waals surface area contributed by atoms with Crippen LogP contribution >= 0.6 is 0 Å². The number of hydrogen-bond acceptors (Lipinski definition) is 6. The van der Waals surface area contributed by atoms with Crippen molar-refractivity contribution < 1.29 is 28.5 Å². The maximum absolute atomic E-state index is 12.3. The van der Waals surface area contributed by atoms with Crippen molar-refractivity contribution in [3.8, 4) is 17.2 Å². The number of ether oxygens (including phenoxy) is 4. The Balaban J connectivity index is 2.02. The monoisotopic (exact) mass is 412 g/mol. The molecule has 0 aliphatic carbocycles. The van der Waals surface area contributed by atoms with Crippen LogP contribution in [0.25, 0.3) is 6.08 Å². The minimum atomic E-state index is -0.633. The number of ketones is 1. The van der Waals surface area contributed by atoms with Crippen LogP contribution in [0.1, 0.15) is 42.3 Å². The summed E-state index contributed by atoms with van der Waals surface area (Å²) in [6, 6.07) is 10.7. The lowest BCUT2D eigenvalue weighted by Crippen LogP contribution is -2.14. The molecule has 0 fully saturated rings. The Morgan fingerprint density at radius 3 is 1.97 bits per heavy atom. The number of Topliss-reactive ketones (excluding diaryl/α,β-unsaturated/α-hetero) is 1. The molecule has 0 atom stereocenters. The minimum Gasteiger partial charge on any atom is -0.496 e. The molecule has 2 aromatic rings. The summed E-state index contributed by atoms with van der Waals surface area (Å²) < 4.78 is 20.9. The second-order valence-corrected chi connectivity index (χ2v) is 7.64. The van der Waals surface area contributed by atoms with Crippen LogP contribution in [0.5, 0.6) is 17.2 Å². The maximum Gasteiger partial charge on any atom is 0.331 e. The van der Waals surface area contributed by atoms with Crippen LogP contribution < -0.4 is 14.2 Å². The van der Waals surface area contributed by atoms with E-state index in [4.69, 9.17) is 18.9 Å². The zero-order valence-electron chi connectivity index (χ0n) is 18.3. The van der Waals surface area contributed by atoms with Gasteiger partial charge in [-0.1, -0.05) is 45.0 Å². The van der Waals surface area contributed by atoms with E-state index in [2.05, 4.69) is 20.8 Å². The van der Waals surface area contributed by atoms with Gasteiger partial charge in [-0.3, -0.25) is 4.79 Å². The molecule has 2 aromatic carbocycles. The molecule has 6 nitrogen and oxygen atoms in total. The lowest BCUT2D eigenvalue weighted by molar-refractivity contribution is -0.136. The van der Waals surface area contributed by atoms with E-state index < -0.39 is 5.97 Å². The van der Waals surface area contributed by atoms with E-state index in [1.165, 1.54) is 33.5 Å². The summed E-state index contributed by atoms with van der Waals surface area (Å²) in [7, 11) is 4.56. The topological polar surface area (TPSA) is 71.1 Å². The first-order valence-electron chi connectivity index (χ1n) is 9.48. The highest BCUT2D eigenvalue weighted by Gasteiger charge is 2.15. The maximum atomic E-state index is 12.3. The van der Waals surface area contributed by atoms with Gasteiger partial charge in [0.1, 0.15) is 5.75 Å². The molecule has 2 rings (SSSR count). The van der Waals surface area contributed by atoms with Crippen molar-refractivity contribution in [3.63, 3.8) is 0 Å². The number of benzene rings is 2. The van der Waals surface area contributed by atoms with Crippen LogP contribution in [0.3, 0.4) is 0 Å². The normalized spacial score (nSPS) is 11.3. The summed E-state index contributed by atoms with van der Waals surface area (Å²) in [4.78, 5) is 24.3. The molecule has 6 heteroatoms. The third-order valence-corrected chi connectivity index (χ3v) is 4.55. The number of esters is 1. The van der Waals surface area contributed by atoms with E-state index in [9.17, 15) is 9.59 Å². The lowest BCUT2D eigenvalue weighted by Gasteiger charge is -2.18. The van der Waals surface area contributed by atoms with Crippen molar-refractivity contribution in [2.75, 3.05) is 27.9 Å². The fourth-order valence-corrected chi connectivity index (χ4v) is 2.77.